The van der Waals surface area contributed by atoms with Gasteiger partial charge in [-0.25, -0.2) is 0 Å². The van der Waals surface area contributed by atoms with E-state index in [4.69, 9.17) is 8.85 Å². The first-order chi connectivity index (χ1) is 16.7. The molecule has 1 saturated carbocycles. The van der Waals surface area contributed by atoms with Crippen LogP contribution in [0.1, 0.15) is 109 Å². The van der Waals surface area contributed by atoms with Crippen LogP contribution < -0.4 is 0 Å². The maximum absolute atomic E-state index is 10.5. The Morgan fingerprint density at radius 3 is 1.69 bits per heavy atom. The highest BCUT2D eigenvalue weighted by Gasteiger charge is 2.53. The highest BCUT2D eigenvalue weighted by molar-refractivity contribution is 6.78. The second kappa shape index (κ2) is 10.5. The molecule has 0 saturated heterocycles. The third-order valence-electron chi connectivity index (χ3n) is 10.0. The van der Waals surface area contributed by atoms with Crippen LogP contribution in [0.2, 0.25) is 33.2 Å². The Kier molecular flexibility index (Phi) is 8.53. The van der Waals surface area contributed by atoms with Crippen molar-refractivity contribution in [1.29, 1.82) is 5.26 Å². The van der Waals surface area contributed by atoms with E-state index in [1.165, 1.54) is 11.1 Å². The fraction of sp³-hybridized carbons (Fsp3) is 0.774. The van der Waals surface area contributed by atoms with Crippen LogP contribution >= 0.6 is 0 Å². The van der Waals surface area contributed by atoms with Crippen LogP contribution in [0.25, 0.3) is 0 Å². The molecule has 0 radical (unpaired) electrons. The highest BCUT2D eigenvalue weighted by Crippen LogP contribution is 2.59. The summed E-state index contributed by atoms with van der Waals surface area (Å²) in [6.45, 7) is 28.2. The van der Waals surface area contributed by atoms with Gasteiger partial charge in [-0.2, -0.15) is 5.26 Å². The van der Waals surface area contributed by atoms with Gasteiger partial charge in [-0.3, -0.25) is 0 Å². The van der Waals surface area contributed by atoms with Gasteiger partial charge in [0.15, 0.2) is 0 Å². The lowest BCUT2D eigenvalue weighted by atomic mass is 9.78. The topological polar surface area (TPSA) is 42.2 Å². The van der Waals surface area contributed by atoms with E-state index in [2.05, 4.69) is 101 Å². The second-order valence-electron chi connectivity index (χ2n) is 13.6. The van der Waals surface area contributed by atoms with Crippen molar-refractivity contribution < 1.29 is 8.85 Å². The average Bonchev–Trinajstić information content (AvgIpc) is 3.23. The number of hydrogen-bond acceptors (Lipinski definition) is 3. The van der Waals surface area contributed by atoms with Gasteiger partial charge >= 0.3 is 0 Å². The lowest BCUT2D eigenvalue weighted by molar-refractivity contribution is 0.333. The van der Waals surface area contributed by atoms with Crippen LogP contribution in [-0.4, -0.2) is 16.6 Å². The summed E-state index contributed by atoms with van der Waals surface area (Å²) >= 11 is 0. The molecule has 0 unspecified atom stereocenters. The molecule has 202 valence electrons. The van der Waals surface area contributed by atoms with E-state index in [1.807, 2.05) is 0 Å². The Balaban J connectivity index is 2.14. The Bertz CT molecular complexity index is 920. The van der Waals surface area contributed by atoms with Crippen molar-refractivity contribution >= 4 is 16.6 Å². The zero-order chi connectivity index (χ0) is 27.2. The second-order valence-corrected chi connectivity index (χ2v) is 24.4. The Morgan fingerprint density at radius 2 is 1.25 bits per heavy atom. The molecular formula is C31H53NO2Si2. The lowest BCUT2D eigenvalue weighted by Gasteiger charge is -2.43. The highest BCUT2D eigenvalue weighted by atomic mass is 28.4. The number of nitriles is 1. The van der Waals surface area contributed by atoms with Crippen molar-refractivity contribution in [1.82, 2.24) is 0 Å². The van der Waals surface area contributed by atoms with Crippen LogP contribution in [0.15, 0.2) is 34.8 Å². The Morgan fingerprint density at radius 1 is 0.778 bits per heavy atom. The summed E-state index contributed by atoms with van der Waals surface area (Å²) in [4.78, 5) is 0. The molecule has 0 aliphatic heterocycles. The molecule has 3 aliphatic rings. The molecule has 3 nitrogen and oxygen atoms in total. The molecule has 0 N–H and O–H groups in total. The van der Waals surface area contributed by atoms with Gasteiger partial charge in [0.05, 0.1) is 17.2 Å². The van der Waals surface area contributed by atoms with Crippen LogP contribution in [-0.2, 0) is 8.85 Å². The summed E-state index contributed by atoms with van der Waals surface area (Å²) in [6.07, 6.45) is 8.45. The molecule has 36 heavy (non-hydrogen) atoms. The normalized spacial score (nSPS) is 24.6. The van der Waals surface area contributed by atoms with Crippen LogP contribution in [0.3, 0.4) is 0 Å². The predicted molar refractivity (Wildman–Crippen MR) is 157 cm³/mol. The molecule has 0 amide bonds. The third kappa shape index (κ3) is 4.49. The average molecular weight is 528 g/mol. The quantitative estimate of drug-likeness (QED) is 0.265. The molecule has 0 bridgehead atoms. The first-order valence-corrected chi connectivity index (χ1v) is 18.9. The van der Waals surface area contributed by atoms with Crippen LogP contribution in [0.5, 0.6) is 0 Å². The molecule has 0 spiro atoms. The smallest absolute Gasteiger partial charge is 0.258 e. The number of rotatable bonds is 10. The number of hydrogen-bond donors (Lipinski definition) is 0. The van der Waals surface area contributed by atoms with Gasteiger partial charge < -0.3 is 8.85 Å². The summed E-state index contributed by atoms with van der Waals surface area (Å²) in [5.74, 6) is 2.50. The van der Waals surface area contributed by atoms with Gasteiger partial charge in [0.2, 0.25) is 0 Å². The minimum atomic E-state index is -2.12. The largest absolute Gasteiger partial charge is 0.546 e. The monoisotopic (exact) mass is 527 g/mol. The third-order valence-corrected chi connectivity index (χ3v) is 22.0. The number of nitrogens with zero attached hydrogens (tertiary/aromatic N) is 1. The summed E-state index contributed by atoms with van der Waals surface area (Å²) in [7, 11) is -4.20. The first-order valence-electron chi connectivity index (χ1n) is 14.7. The van der Waals surface area contributed by atoms with Crippen molar-refractivity contribution in [3.05, 3.63) is 34.8 Å². The zero-order valence-electron chi connectivity index (χ0n) is 25.3. The minimum absolute atomic E-state index is 0.339. The van der Waals surface area contributed by atoms with Gasteiger partial charge in [0.25, 0.3) is 16.6 Å². The molecule has 5 heteroatoms. The molecular weight excluding hydrogens is 475 g/mol. The Labute approximate surface area is 224 Å². The van der Waals surface area contributed by atoms with E-state index in [9.17, 15) is 5.26 Å². The van der Waals surface area contributed by atoms with Crippen molar-refractivity contribution in [3.8, 4) is 6.07 Å². The molecule has 0 aromatic carbocycles. The Hall–Kier alpha value is -1.26. The fourth-order valence-electron chi connectivity index (χ4n) is 8.51. The van der Waals surface area contributed by atoms with Crippen molar-refractivity contribution in [2.45, 2.75) is 142 Å². The molecule has 0 aromatic rings. The minimum Gasteiger partial charge on any atom is -0.546 e. The van der Waals surface area contributed by atoms with Crippen LogP contribution in [0, 0.1) is 22.7 Å². The molecule has 0 aromatic heterocycles. The molecule has 0 heterocycles. The summed E-state index contributed by atoms with van der Waals surface area (Å²) < 4.78 is 14.6. The van der Waals surface area contributed by atoms with E-state index < -0.39 is 16.6 Å². The molecule has 1 fully saturated rings. The van der Waals surface area contributed by atoms with Crippen molar-refractivity contribution in [3.63, 3.8) is 0 Å². The van der Waals surface area contributed by atoms with Crippen LogP contribution in [0.4, 0.5) is 0 Å². The van der Waals surface area contributed by atoms with E-state index in [0.717, 1.165) is 37.2 Å². The van der Waals surface area contributed by atoms with E-state index in [1.54, 1.807) is 0 Å². The van der Waals surface area contributed by atoms with Gasteiger partial charge in [-0.05, 0) is 70.2 Å². The summed E-state index contributed by atoms with van der Waals surface area (Å²) in [6, 6.07) is 2.81. The lowest BCUT2D eigenvalue weighted by Crippen LogP contribution is -2.47. The van der Waals surface area contributed by atoms with E-state index >= 15 is 0 Å². The molecule has 3 rings (SSSR count). The predicted octanol–water partition coefficient (Wildman–Crippen LogP) is 10.2. The van der Waals surface area contributed by atoms with E-state index in [-0.39, 0.29) is 5.41 Å². The molecule has 2 atom stereocenters. The van der Waals surface area contributed by atoms with Crippen molar-refractivity contribution in [2.75, 3.05) is 0 Å². The van der Waals surface area contributed by atoms with Crippen molar-refractivity contribution in [2.24, 2.45) is 11.3 Å². The summed E-state index contributed by atoms with van der Waals surface area (Å²) in [5.41, 5.74) is 5.26. The standard InChI is InChI=1S/C31H53NO2Si2/c1-20(2)35(21(3)4,22(5)6)33-27-14-16-31(19-32)15-13-26-17-29(28(18-27)30(26)31)34-36(23(7)8,24(9)10)25(11)12/h17-18,20-26H,13-16H2,1-12H3/t26-,31-/m1/s1. The van der Waals surface area contributed by atoms with E-state index in [0.29, 0.717) is 39.2 Å². The molecule has 3 aliphatic carbocycles. The van der Waals surface area contributed by atoms with Gasteiger partial charge in [0, 0.05) is 17.9 Å². The fourth-order valence-corrected chi connectivity index (χ4v) is 19.1. The SMILES string of the molecule is CC(C)[Si](OC1=CC2=C3[C@@H](C=C2O[Si](C(C)C)(C(C)C)C(C)C)CC[C@]3(C#N)CC1)(C(C)C)C(C)C. The summed E-state index contributed by atoms with van der Waals surface area (Å²) in [5, 5.41) is 10.5. The first kappa shape index (κ1) is 29.3. The van der Waals surface area contributed by atoms with Gasteiger partial charge in [-0.1, -0.05) is 83.1 Å². The van der Waals surface area contributed by atoms with Gasteiger partial charge in [0.1, 0.15) is 5.76 Å². The van der Waals surface area contributed by atoms with Gasteiger partial charge in [-0.15, -0.1) is 0 Å². The maximum Gasteiger partial charge on any atom is 0.258 e. The maximum atomic E-state index is 10.5. The number of allylic oxidation sites excluding steroid dienone is 4. The zero-order valence-corrected chi connectivity index (χ0v) is 27.3.